The topological polar surface area (TPSA) is 56.7 Å². The minimum Gasteiger partial charge on any atom is -0.456 e. The van der Waals surface area contributed by atoms with Crippen molar-refractivity contribution in [3.8, 4) is 62.1 Å². The Hall–Kier alpha value is -7.63. The zero-order chi connectivity index (χ0) is 40.0. The average molecular weight is 773 g/mol. The maximum Gasteiger partial charge on any atom is 0.166 e. The Kier molecular flexibility index (Phi) is 8.85. The quantitative estimate of drug-likeness (QED) is 0.147. The largest absolute Gasteiger partial charge is 0.456 e. The van der Waals surface area contributed by atoms with E-state index in [-0.39, 0.29) is 0 Å². The van der Waals surface area contributed by atoms with E-state index in [0.29, 0.717) is 17.5 Å². The van der Waals surface area contributed by atoms with Gasteiger partial charge in [0.05, 0.1) is 16.7 Å². The minimum atomic E-state index is 0.606. The van der Waals surface area contributed by atoms with Gasteiger partial charge in [-0.1, -0.05) is 147 Å². The fourth-order valence-corrected chi connectivity index (χ4v) is 8.62. The molecule has 11 aromatic rings. The molecule has 0 fully saturated rings. The lowest BCUT2D eigenvalue weighted by molar-refractivity contribution is 0.668. The summed E-state index contributed by atoms with van der Waals surface area (Å²) in [5, 5.41) is 4.68. The van der Waals surface area contributed by atoms with Crippen LogP contribution in [0.1, 0.15) is 25.3 Å². The number of hydrogen-bond donors (Lipinski definition) is 0. The van der Waals surface area contributed by atoms with Crippen molar-refractivity contribution < 1.29 is 4.42 Å². The van der Waals surface area contributed by atoms with Gasteiger partial charge in [0.15, 0.2) is 17.5 Å². The van der Waals surface area contributed by atoms with Crippen molar-refractivity contribution in [3.05, 3.63) is 194 Å². The van der Waals surface area contributed by atoms with Crippen molar-refractivity contribution >= 4 is 43.7 Å². The molecule has 8 aromatic carbocycles. The summed E-state index contributed by atoms with van der Waals surface area (Å²) in [7, 11) is 0. The van der Waals surface area contributed by atoms with Crippen LogP contribution in [0.4, 0.5) is 0 Å². The fraction of sp³-hybridized carbons (Fsp3) is 0.0727. The molecule has 0 aliphatic carbocycles. The lowest BCUT2D eigenvalue weighted by Gasteiger charge is -2.15. The molecule has 286 valence electrons. The monoisotopic (exact) mass is 772 g/mol. The predicted molar refractivity (Wildman–Crippen MR) is 247 cm³/mol. The zero-order valence-electron chi connectivity index (χ0n) is 33.2. The van der Waals surface area contributed by atoms with Gasteiger partial charge in [0, 0.05) is 38.2 Å². The first kappa shape index (κ1) is 35.5. The van der Waals surface area contributed by atoms with E-state index in [2.05, 4.69) is 175 Å². The van der Waals surface area contributed by atoms with Crippen LogP contribution >= 0.6 is 0 Å². The first-order valence-corrected chi connectivity index (χ1v) is 20.7. The van der Waals surface area contributed by atoms with Crippen LogP contribution < -0.4 is 0 Å². The van der Waals surface area contributed by atoms with Crippen LogP contribution in [0.3, 0.4) is 0 Å². The van der Waals surface area contributed by atoms with Gasteiger partial charge in [0.2, 0.25) is 0 Å². The second-order valence-electron chi connectivity index (χ2n) is 15.5. The number of aryl methyl sites for hydroxylation is 1. The zero-order valence-corrected chi connectivity index (χ0v) is 33.2. The van der Waals surface area contributed by atoms with Gasteiger partial charge in [-0.2, -0.15) is 0 Å². The molecular formula is C55H40N4O. The molecule has 0 aliphatic heterocycles. The summed E-state index contributed by atoms with van der Waals surface area (Å²) >= 11 is 0. The number of fused-ring (bicyclic) bond motifs is 6. The van der Waals surface area contributed by atoms with Crippen molar-refractivity contribution in [2.75, 3.05) is 0 Å². The number of benzene rings is 8. The fourth-order valence-electron chi connectivity index (χ4n) is 8.62. The first-order valence-electron chi connectivity index (χ1n) is 20.7. The van der Waals surface area contributed by atoms with E-state index in [4.69, 9.17) is 19.4 Å². The Bertz CT molecular complexity index is 3360. The normalized spacial score (nSPS) is 11.6. The first-order chi connectivity index (χ1) is 29.7. The smallest absolute Gasteiger partial charge is 0.166 e. The van der Waals surface area contributed by atoms with Crippen molar-refractivity contribution in [2.45, 2.75) is 26.2 Å². The molecular weight excluding hydrogens is 733 g/mol. The second-order valence-corrected chi connectivity index (χ2v) is 15.5. The van der Waals surface area contributed by atoms with Crippen molar-refractivity contribution in [3.63, 3.8) is 0 Å². The number of para-hydroxylation sites is 2. The van der Waals surface area contributed by atoms with Crippen LogP contribution in [0.25, 0.3) is 106 Å². The van der Waals surface area contributed by atoms with Gasteiger partial charge in [-0.25, -0.2) is 15.0 Å². The average Bonchev–Trinajstić information content (AvgIpc) is 3.85. The summed E-state index contributed by atoms with van der Waals surface area (Å²) < 4.78 is 8.82. The summed E-state index contributed by atoms with van der Waals surface area (Å²) in [5.74, 6) is 1.85. The molecule has 11 rings (SSSR count). The molecule has 0 radical (unpaired) electrons. The molecule has 3 aromatic heterocycles. The Morgan fingerprint density at radius 3 is 1.88 bits per heavy atom. The molecule has 0 amide bonds. The van der Waals surface area contributed by atoms with E-state index in [0.717, 1.165) is 78.6 Å². The number of furan rings is 1. The molecule has 5 heteroatoms. The minimum absolute atomic E-state index is 0.606. The lowest BCUT2D eigenvalue weighted by atomic mass is 10.0. The Labute approximate surface area is 348 Å². The highest BCUT2D eigenvalue weighted by molar-refractivity contribution is 6.11. The van der Waals surface area contributed by atoms with Crippen LogP contribution in [-0.2, 0) is 6.42 Å². The van der Waals surface area contributed by atoms with Crippen molar-refractivity contribution in [1.29, 1.82) is 0 Å². The molecule has 60 heavy (non-hydrogen) atoms. The predicted octanol–water partition coefficient (Wildman–Crippen LogP) is 14.5. The summed E-state index contributed by atoms with van der Waals surface area (Å²) in [5.41, 5.74) is 13.6. The van der Waals surface area contributed by atoms with E-state index in [1.807, 2.05) is 24.3 Å². The Morgan fingerprint density at radius 2 is 1.05 bits per heavy atom. The summed E-state index contributed by atoms with van der Waals surface area (Å²) in [6.45, 7) is 2.24. The molecule has 0 bridgehead atoms. The van der Waals surface area contributed by atoms with Crippen molar-refractivity contribution in [1.82, 2.24) is 19.5 Å². The number of aromatic nitrogens is 4. The number of unbranched alkanes of at least 4 members (excludes halogenated alkanes) is 1. The van der Waals surface area contributed by atoms with Crippen LogP contribution in [0, 0.1) is 0 Å². The highest BCUT2D eigenvalue weighted by atomic mass is 16.3. The van der Waals surface area contributed by atoms with Crippen LogP contribution in [0.5, 0.6) is 0 Å². The third-order valence-corrected chi connectivity index (χ3v) is 11.6. The lowest BCUT2D eigenvalue weighted by Crippen LogP contribution is -2.03. The maximum atomic E-state index is 6.46. The van der Waals surface area contributed by atoms with Crippen LogP contribution in [0.2, 0.25) is 0 Å². The maximum absolute atomic E-state index is 6.46. The number of nitrogens with zero attached hydrogens (tertiary/aromatic N) is 4. The van der Waals surface area contributed by atoms with Crippen LogP contribution in [0.15, 0.2) is 192 Å². The van der Waals surface area contributed by atoms with E-state index < -0.39 is 0 Å². The molecule has 0 saturated heterocycles. The number of hydrogen-bond acceptors (Lipinski definition) is 4. The highest BCUT2D eigenvalue weighted by Crippen LogP contribution is 2.39. The van der Waals surface area contributed by atoms with Gasteiger partial charge in [-0.05, 0) is 95.3 Å². The van der Waals surface area contributed by atoms with E-state index >= 15 is 0 Å². The van der Waals surface area contributed by atoms with E-state index in [1.54, 1.807) is 0 Å². The second kappa shape index (κ2) is 14.9. The summed E-state index contributed by atoms with van der Waals surface area (Å²) in [6.07, 6.45) is 3.45. The van der Waals surface area contributed by atoms with Gasteiger partial charge in [0.25, 0.3) is 0 Å². The van der Waals surface area contributed by atoms with Crippen LogP contribution in [-0.4, -0.2) is 19.5 Å². The third kappa shape index (κ3) is 6.32. The SMILES string of the molecule is CCCCc1ccc2oc3cc(-c4ccc5c6ccccc6n(-c6ccccc6-c6nc(-c7ccccc7)nc(-c7cccc(-c8ccccc8)c7)n6)c5c4)ccc3c2c1. The molecule has 3 heterocycles. The standard InChI is InChI=1S/C55H40N4O/c1-2-3-15-36-26-31-51-47(32-36)45-30-28-41(35-52(45)60-51)40-27-29-44-43-22-10-12-24-48(43)59(50(44)34-40)49-25-13-11-23-46(49)55-57-53(38-18-8-5-9-19-38)56-54(58-55)42-21-14-20-39(33-42)37-16-6-4-7-17-37/h4-14,16-35H,2-3,15H2,1H3. The molecule has 0 spiro atoms. The molecule has 0 N–H and O–H groups in total. The van der Waals surface area contributed by atoms with Gasteiger partial charge in [0.1, 0.15) is 11.2 Å². The van der Waals surface area contributed by atoms with E-state index in [9.17, 15) is 0 Å². The Morgan fingerprint density at radius 1 is 0.417 bits per heavy atom. The molecule has 5 nitrogen and oxygen atoms in total. The van der Waals surface area contributed by atoms with Crippen molar-refractivity contribution in [2.24, 2.45) is 0 Å². The molecule has 0 aliphatic rings. The van der Waals surface area contributed by atoms with E-state index in [1.165, 1.54) is 34.6 Å². The summed E-state index contributed by atoms with van der Waals surface area (Å²) in [4.78, 5) is 15.5. The molecule has 0 saturated carbocycles. The van der Waals surface area contributed by atoms with Gasteiger partial charge >= 0.3 is 0 Å². The Balaban J connectivity index is 1.07. The molecule has 0 atom stereocenters. The summed E-state index contributed by atoms with van der Waals surface area (Å²) in [6, 6.07) is 66.2. The van der Waals surface area contributed by atoms with Gasteiger partial charge in [-0.3, -0.25) is 0 Å². The third-order valence-electron chi connectivity index (χ3n) is 11.6. The highest BCUT2D eigenvalue weighted by Gasteiger charge is 2.20. The number of rotatable bonds is 9. The van der Waals surface area contributed by atoms with Gasteiger partial charge in [-0.15, -0.1) is 0 Å². The molecule has 0 unspecified atom stereocenters. The van der Waals surface area contributed by atoms with Gasteiger partial charge < -0.3 is 8.98 Å².